The van der Waals surface area contributed by atoms with Crippen LogP contribution in [-0.4, -0.2) is 25.4 Å². The van der Waals surface area contributed by atoms with Crippen LogP contribution in [0, 0.1) is 17.3 Å². The van der Waals surface area contributed by atoms with Gasteiger partial charge in [-0.15, -0.1) is 0 Å². The van der Waals surface area contributed by atoms with Gasteiger partial charge >= 0.3 is 17.2 Å². The molecule has 0 amide bonds. The fourth-order valence-electron chi connectivity index (χ4n) is 14.0. The van der Waals surface area contributed by atoms with E-state index in [1.54, 1.807) is 0 Å². The Balaban J connectivity index is 1.26. The molecular weight excluding hydrogens is 1110 g/mol. The molecule has 2 aromatic rings. The molecule has 87 heavy (non-hydrogen) atoms. The predicted octanol–water partition coefficient (Wildman–Crippen LogP) is 28.1. The summed E-state index contributed by atoms with van der Waals surface area (Å²) in [5, 5.41) is 0. The van der Waals surface area contributed by atoms with Gasteiger partial charge in [0.1, 0.15) is 11.5 Å². The highest BCUT2D eigenvalue weighted by Gasteiger charge is 2.42. The van der Waals surface area contributed by atoms with Crippen LogP contribution in [0.1, 0.15) is 387 Å². The van der Waals surface area contributed by atoms with Crippen LogP contribution in [0.3, 0.4) is 0 Å². The van der Waals surface area contributed by atoms with Gasteiger partial charge in [0.15, 0.2) is 0 Å². The van der Waals surface area contributed by atoms with Crippen LogP contribution in [0.4, 0.5) is 0 Å². The molecule has 2 aromatic carbocycles. The lowest BCUT2D eigenvalue weighted by Gasteiger charge is -2.46. The van der Waals surface area contributed by atoms with Crippen molar-refractivity contribution in [3.8, 4) is 11.5 Å². The average molecular weight is 1250 g/mol. The van der Waals surface area contributed by atoms with E-state index in [0.29, 0.717) is 11.8 Å². The Labute approximate surface area is 543 Å². The van der Waals surface area contributed by atoms with E-state index in [0.717, 1.165) is 76.1 Å². The molecule has 2 aliphatic rings. The van der Waals surface area contributed by atoms with E-state index in [-0.39, 0.29) is 17.6 Å². The van der Waals surface area contributed by atoms with Gasteiger partial charge < -0.3 is 22.6 Å². The van der Waals surface area contributed by atoms with E-state index in [9.17, 15) is 0 Å². The Hall–Kier alpha value is -1.26. The average Bonchev–Trinajstić information content (AvgIpc) is 3.08. The Morgan fingerprint density at radius 2 is 0.586 bits per heavy atom. The standard InChI is InChI=1S/C79H142O6P2/c1-7-11-15-19-23-27-31-35-39-43-47-53-71-55-51-57-77(69-71)84-87(85-78-58-52-56-72(70-78)54-48-44-40-36-32-28-24-20-16-12-8-2)83-76-65-61-74(62-66-76)79(5,6)73-59-63-75(64-60-73)82-86(80-67-49-45-41-37-33-29-25-21-17-13-9-3)81-68-50-46-42-38-34-30-26-22-18-14-10-4/h51-52,55-58,69-70,73-76H,7-50,53-54,59-68H2,1-6H3. The molecule has 6 nitrogen and oxygen atoms in total. The van der Waals surface area contributed by atoms with Gasteiger partial charge in [-0.25, -0.2) is 0 Å². The largest absolute Gasteiger partial charge is 0.463 e. The lowest BCUT2D eigenvalue weighted by Crippen LogP contribution is -2.38. The molecule has 4 rings (SSSR count). The highest BCUT2D eigenvalue weighted by atomic mass is 31.2. The zero-order chi connectivity index (χ0) is 61.8. The number of hydrogen-bond acceptors (Lipinski definition) is 6. The number of aryl methyl sites for hydroxylation is 2. The van der Waals surface area contributed by atoms with Crippen molar-refractivity contribution >= 4 is 17.2 Å². The van der Waals surface area contributed by atoms with Crippen molar-refractivity contribution < 1.29 is 27.1 Å². The number of unbranched alkanes of at least 4 members (excludes halogenated alkanes) is 40. The number of benzene rings is 2. The molecule has 0 radical (unpaired) electrons. The van der Waals surface area contributed by atoms with Gasteiger partial charge in [0.25, 0.3) is 0 Å². The molecule has 0 bridgehead atoms. The normalized spacial score (nSPS) is 17.5. The van der Waals surface area contributed by atoms with Crippen LogP contribution in [0.25, 0.3) is 0 Å². The minimum atomic E-state index is -1.64. The van der Waals surface area contributed by atoms with Crippen molar-refractivity contribution in [2.24, 2.45) is 17.3 Å². The Morgan fingerprint density at radius 1 is 0.322 bits per heavy atom. The van der Waals surface area contributed by atoms with Crippen LogP contribution >= 0.6 is 17.2 Å². The third-order valence-corrected chi connectivity index (χ3v) is 22.6. The van der Waals surface area contributed by atoms with Gasteiger partial charge in [0, 0.05) is 0 Å². The molecule has 8 heteroatoms. The summed E-state index contributed by atoms with van der Waals surface area (Å²) >= 11 is 0. The number of rotatable bonds is 60. The molecule has 0 saturated heterocycles. The smallest absolute Gasteiger partial charge is 0.418 e. The molecule has 0 unspecified atom stereocenters. The summed E-state index contributed by atoms with van der Waals surface area (Å²) in [7, 11) is -2.96. The molecule has 2 fully saturated rings. The number of hydrogen-bond donors (Lipinski definition) is 0. The Bertz CT molecular complexity index is 1710. The summed E-state index contributed by atoms with van der Waals surface area (Å²) < 4.78 is 40.5. The molecule has 0 atom stereocenters. The van der Waals surface area contributed by atoms with Crippen molar-refractivity contribution in [1.29, 1.82) is 0 Å². The van der Waals surface area contributed by atoms with Crippen LogP contribution in [-0.2, 0) is 30.9 Å². The molecule has 2 saturated carbocycles. The maximum Gasteiger partial charge on any atom is 0.463 e. The van der Waals surface area contributed by atoms with Crippen molar-refractivity contribution in [2.45, 2.75) is 400 Å². The first-order valence-corrected chi connectivity index (χ1v) is 40.8. The summed E-state index contributed by atoms with van der Waals surface area (Å²) in [5.41, 5.74) is 2.96. The Morgan fingerprint density at radius 3 is 0.885 bits per heavy atom. The van der Waals surface area contributed by atoms with E-state index in [1.165, 1.54) is 306 Å². The minimum absolute atomic E-state index is 0.126. The topological polar surface area (TPSA) is 55.4 Å². The quantitative estimate of drug-likeness (QED) is 0.0486. The van der Waals surface area contributed by atoms with Gasteiger partial charge in [-0.1, -0.05) is 323 Å². The monoisotopic (exact) mass is 1250 g/mol. The first kappa shape index (κ1) is 78.2. The maximum absolute atomic E-state index is 7.01. The van der Waals surface area contributed by atoms with Crippen LogP contribution in [0.5, 0.6) is 11.5 Å². The van der Waals surface area contributed by atoms with Gasteiger partial charge in [0.2, 0.25) is 0 Å². The summed E-state index contributed by atoms with van der Waals surface area (Å²) in [6, 6.07) is 17.6. The first-order valence-electron chi connectivity index (χ1n) is 38.6. The fraction of sp³-hybridized carbons (Fsp3) is 0.848. The van der Waals surface area contributed by atoms with Crippen LogP contribution in [0.2, 0.25) is 0 Å². The van der Waals surface area contributed by atoms with Crippen molar-refractivity contribution in [3.05, 3.63) is 59.7 Å². The van der Waals surface area contributed by atoms with Gasteiger partial charge in [-0.3, -0.25) is 4.52 Å². The summed E-state index contributed by atoms with van der Waals surface area (Å²) in [4.78, 5) is 0. The third-order valence-electron chi connectivity index (χ3n) is 20.1. The second kappa shape index (κ2) is 54.2. The summed E-state index contributed by atoms with van der Waals surface area (Å²) in [6.07, 6.45) is 71.3. The molecule has 504 valence electrons. The van der Waals surface area contributed by atoms with Crippen LogP contribution < -0.4 is 9.05 Å². The molecule has 0 aromatic heterocycles. The van der Waals surface area contributed by atoms with Gasteiger partial charge in [0.05, 0.1) is 25.4 Å². The fourth-order valence-corrected chi connectivity index (χ4v) is 16.4. The zero-order valence-electron chi connectivity index (χ0n) is 58.4. The molecule has 0 N–H and O–H groups in total. The van der Waals surface area contributed by atoms with E-state index in [1.807, 2.05) is 0 Å². The summed E-state index contributed by atoms with van der Waals surface area (Å²) in [6.45, 7) is 15.9. The third kappa shape index (κ3) is 39.8. The van der Waals surface area contributed by atoms with Crippen LogP contribution in [0.15, 0.2) is 48.5 Å². The SMILES string of the molecule is CCCCCCCCCCCCCOP(OCCCCCCCCCCCCC)OC1CCC(C(C)(C)C2CCC(OP(Oc3cccc(CCCCCCCCCCCCC)c3)Oc3cccc(CCCCCCCCCCCCC)c3)CC2)CC1. The van der Waals surface area contributed by atoms with Crippen molar-refractivity contribution in [1.82, 2.24) is 0 Å². The lowest BCUT2D eigenvalue weighted by atomic mass is 9.60. The van der Waals surface area contributed by atoms with Crippen molar-refractivity contribution in [3.63, 3.8) is 0 Å². The van der Waals surface area contributed by atoms with Gasteiger partial charge in [-0.2, -0.15) is 0 Å². The molecular formula is C79H142O6P2. The second-order valence-corrected chi connectivity index (χ2v) is 30.4. The Kier molecular flexibility index (Phi) is 48.7. The van der Waals surface area contributed by atoms with E-state index >= 15 is 0 Å². The second-order valence-electron chi connectivity index (χ2n) is 28.2. The maximum atomic E-state index is 7.01. The van der Waals surface area contributed by atoms with E-state index in [4.69, 9.17) is 27.1 Å². The molecule has 0 heterocycles. The highest BCUT2D eigenvalue weighted by Crippen LogP contribution is 2.53. The van der Waals surface area contributed by atoms with E-state index < -0.39 is 17.2 Å². The molecule has 0 spiro atoms. The highest BCUT2D eigenvalue weighted by molar-refractivity contribution is 7.42. The summed E-state index contributed by atoms with van der Waals surface area (Å²) in [5.74, 6) is 3.10. The predicted molar refractivity (Wildman–Crippen MR) is 381 cm³/mol. The lowest BCUT2D eigenvalue weighted by molar-refractivity contribution is 0.00531. The minimum Gasteiger partial charge on any atom is -0.418 e. The first-order chi connectivity index (χ1) is 42.8. The molecule has 0 aliphatic heterocycles. The van der Waals surface area contributed by atoms with Crippen molar-refractivity contribution in [2.75, 3.05) is 13.2 Å². The van der Waals surface area contributed by atoms with Gasteiger partial charge in [-0.05, 0) is 143 Å². The zero-order valence-corrected chi connectivity index (χ0v) is 60.2. The molecule has 2 aliphatic carbocycles. The van der Waals surface area contributed by atoms with E-state index in [2.05, 4.69) is 90.1 Å².